The second-order valence-corrected chi connectivity index (χ2v) is 5.10. The summed E-state index contributed by atoms with van der Waals surface area (Å²) in [6, 6.07) is 0. The van der Waals surface area contributed by atoms with Crippen LogP contribution in [0.4, 0.5) is 0 Å². The van der Waals surface area contributed by atoms with E-state index in [-0.39, 0.29) is 12.5 Å². The van der Waals surface area contributed by atoms with Crippen LogP contribution in [0.3, 0.4) is 0 Å². The van der Waals surface area contributed by atoms with Crippen molar-refractivity contribution < 1.29 is 4.79 Å². The molecule has 0 atom stereocenters. The second kappa shape index (κ2) is 6.26. The Kier molecular flexibility index (Phi) is 4.65. The fraction of sp³-hybridized carbons (Fsp3) is 0.615. The average Bonchev–Trinajstić information content (AvgIpc) is 2.91. The maximum absolute atomic E-state index is 11.7. The van der Waals surface area contributed by atoms with Gasteiger partial charge in [0.05, 0.1) is 5.69 Å². The van der Waals surface area contributed by atoms with Gasteiger partial charge in [-0.05, 0) is 6.42 Å². The van der Waals surface area contributed by atoms with Gasteiger partial charge >= 0.3 is 0 Å². The van der Waals surface area contributed by atoms with Crippen LogP contribution in [0.1, 0.15) is 24.9 Å². The number of carbonyl (C=O) groups excluding carboxylic acids is 1. The summed E-state index contributed by atoms with van der Waals surface area (Å²) in [4.78, 5) is 16.3. The molecule has 6 nitrogen and oxygen atoms in total. The SMILES string of the molecule is CCCc1nn(C)c2c1nc(CCCl)n2CC(=O)NC. The van der Waals surface area contributed by atoms with Gasteiger partial charge in [0.15, 0.2) is 5.65 Å². The molecule has 2 rings (SSSR count). The molecule has 0 aliphatic rings. The maximum atomic E-state index is 11.7. The summed E-state index contributed by atoms with van der Waals surface area (Å²) in [5.74, 6) is 1.26. The first-order chi connectivity index (χ1) is 9.62. The molecule has 1 N–H and O–H groups in total. The number of rotatable bonds is 6. The number of aromatic nitrogens is 4. The number of hydrogen-bond acceptors (Lipinski definition) is 3. The second-order valence-electron chi connectivity index (χ2n) is 4.72. The predicted molar refractivity (Wildman–Crippen MR) is 79.0 cm³/mol. The Morgan fingerprint density at radius 1 is 1.40 bits per heavy atom. The van der Waals surface area contributed by atoms with Crippen LogP contribution in [-0.2, 0) is 31.2 Å². The summed E-state index contributed by atoms with van der Waals surface area (Å²) >= 11 is 5.84. The van der Waals surface area contributed by atoms with Gasteiger partial charge < -0.3 is 9.88 Å². The molecule has 7 heteroatoms. The highest BCUT2D eigenvalue weighted by Gasteiger charge is 2.19. The number of carbonyl (C=O) groups is 1. The Balaban J connectivity index is 2.55. The minimum Gasteiger partial charge on any atom is -0.358 e. The zero-order valence-corrected chi connectivity index (χ0v) is 12.9. The zero-order chi connectivity index (χ0) is 14.7. The molecule has 0 aromatic carbocycles. The molecule has 0 radical (unpaired) electrons. The van der Waals surface area contributed by atoms with Gasteiger partial charge in [-0.3, -0.25) is 9.48 Å². The van der Waals surface area contributed by atoms with E-state index in [0.29, 0.717) is 12.3 Å². The molecule has 0 spiro atoms. The number of nitrogens with zero attached hydrogens (tertiary/aromatic N) is 4. The van der Waals surface area contributed by atoms with E-state index in [4.69, 9.17) is 11.6 Å². The number of nitrogens with one attached hydrogen (secondary N) is 1. The highest BCUT2D eigenvalue weighted by molar-refractivity contribution is 6.17. The van der Waals surface area contributed by atoms with Crippen LogP contribution in [-0.4, -0.2) is 38.2 Å². The van der Waals surface area contributed by atoms with Gasteiger partial charge in [-0.2, -0.15) is 5.10 Å². The Morgan fingerprint density at radius 3 is 2.75 bits per heavy atom. The molecule has 110 valence electrons. The molecule has 0 saturated carbocycles. The number of likely N-dealkylation sites (N-methyl/N-ethyl adjacent to an activating group) is 1. The van der Waals surface area contributed by atoms with Crippen molar-refractivity contribution in [3.8, 4) is 0 Å². The lowest BCUT2D eigenvalue weighted by molar-refractivity contribution is -0.121. The van der Waals surface area contributed by atoms with Crippen molar-refractivity contribution in [3.05, 3.63) is 11.5 Å². The van der Waals surface area contributed by atoms with E-state index in [1.807, 2.05) is 11.6 Å². The number of amides is 1. The quantitative estimate of drug-likeness (QED) is 0.816. The molecular formula is C13H20ClN5O. The molecular weight excluding hydrogens is 278 g/mol. The van der Waals surface area contributed by atoms with Gasteiger partial charge in [-0.1, -0.05) is 13.3 Å². The lowest BCUT2D eigenvalue weighted by Crippen LogP contribution is -2.25. The normalized spacial score (nSPS) is 11.2. The number of fused-ring (bicyclic) bond motifs is 1. The first kappa shape index (κ1) is 14.8. The fourth-order valence-corrected chi connectivity index (χ4v) is 2.53. The summed E-state index contributed by atoms with van der Waals surface area (Å²) in [6.07, 6.45) is 2.53. The van der Waals surface area contributed by atoms with Crippen molar-refractivity contribution in [2.24, 2.45) is 7.05 Å². The summed E-state index contributed by atoms with van der Waals surface area (Å²) in [5.41, 5.74) is 2.76. The first-order valence-electron chi connectivity index (χ1n) is 6.79. The fourth-order valence-electron chi connectivity index (χ4n) is 2.36. The van der Waals surface area contributed by atoms with E-state index in [0.717, 1.165) is 35.5 Å². The summed E-state index contributed by atoms with van der Waals surface area (Å²) < 4.78 is 3.71. The van der Waals surface area contributed by atoms with Crippen molar-refractivity contribution in [3.63, 3.8) is 0 Å². The monoisotopic (exact) mass is 297 g/mol. The van der Waals surface area contributed by atoms with Crippen LogP contribution in [0.25, 0.3) is 11.2 Å². The van der Waals surface area contributed by atoms with Gasteiger partial charge in [0.2, 0.25) is 5.91 Å². The Morgan fingerprint density at radius 2 is 2.15 bits per heavy atom. The molecule has 0 saturated heterocycles. The van der Waals surface area contributed by atoms with E-state index in [9.17, 15) is 4.79 Å². The number of alkyl halides is 1. The predicted octanol–water partition coefficient (Wildman–Crippen LogP) is 1.25. The number of hydrogen-bond donors (Lipinski definition) is 1. The highest BCUT2D eigenvalue weighted by Crippen LogP contribution is 2.21. The minimum absolute atomic E-state index is 0.0571. The Bertz CT molecular complexity index is 616. The first-order valence-corrected chi connectivity index (χ1v) is 7.33. The zero-order valence-electron chi connectivity index (χ0n) is 12.1. The maximum Gasteiger partial charge on any atom is 0.239 e. The molecule has 0 bridgehead atoms. The van der Waals surface area contributed by atoms with Crippen molar-refractivity contribution in [2.45, 2.75) is 32.7 Å². The van der Waals surface area contributed by atoms with Crippen molar-refractivity contribution in [1.82, 2.24) is 24.6 Å². The Labute approximate surface area is 123 Å². The number of halogens is 1. The van der Waals surface area contributed by atoms with E-state index in [1.165, 1.54) is 0 Å². The van der Waals surface area contributed by atoms with Crippen molar-refractivity contribution in [1.29, 1.82) is 0 Å². The molecule has 2 aromatic rings. The average molecular weight is 298 g/mol. The van der Waals surface area contributed by atoms with Crippen LogP contribution < -0.4 is 5.32 Å². The lowest BCUT2D eigenvalue weighted by Gasteiger charge is -2.07. The molecule has 0 fully saturated rings. The van der Waals surface area contributed by atoms with Gasteiger partial charge in [0.1, 0.15) is 17.9 Å². The minimum atomic E-state index is -0.0571. The summed E-state index contributed by atoms with van der Waals surface area (Å²) in [5, 5.41) is 7.14. The van der Waals surface area contributed by atoms with Gasteiger partial charge in [-0.25, -0.2) is 4.98 Å². The van der Waals surface area contributed by atoms with Gasteiger partial charge in [0, 0.05) is 26.4 Å². The highest BCUT2D eigenvalue weighted by atomic mass is 35.5. The third-order valence-electron chi connectivity index (χ3n) is 3.26. The lowest BCUT2D eigenvalue weighted by atomic mass is 10.2. The van der Waals surface area contributed by atoms with E-state index in [1.54, 1.807) is 11.7 Å². The molecule has 2 aromatic heterocycles. The molecule has 0 unspecified atom stereocenters. The molecule has 0 aliphatic carbocycles. The van der Waals surface area contributed by atoms with Crippen LogP contribution in [0.2, 0.25) is 0 Å². The topological polar surface area (TPSA) is 64.7 Å². The summed E-state index contributed by atoms with van der Waals surface area (Å²) in [6.45, 7) is 2.35. The van der Waals surface area contributed by atoms with Crippen LogP contribution in [0.15, 0.2) is 0 Å². The number of aryl methyl sites for hydroxylation is 3. The molecule has 1 amide bonds. The van der Waals surface area contributed by atoms with Gasteiger partial charge in [-0.15, -0.1) is 11.6 Å². The van der Waals surface area contributed by atoms with E-state index >= 15 is 0 Å². The molecule has 20 heavy (non-hydrogen) atoms. The van der Waals surface area contributed by atoms with Gasteiger partial charge in [0.25, 0.3) is 0 Å². The largest absolute Gasteiger partial charge is 0.358 e. The summed E-state index contributed by atoms with van der Waals surface area (Å²) in [7, 11) is 3.51. The van der Waals surface area contributed by atoms with Crippen LogP contribution >= 0.6 is 11.6 Å². The third kappa shape index (κ3) is 2.65. The standard InChI is InChI=1S/C13H20ClN5O/c1-4-5-9-12-13(18(3)17-9)19(8-11(20)15-2)10(16-12)6-7-14/h4-8H2,1-3H3,(H,15,20). The third-order valence-corrected chi connectivity index (χ3v) is 3.44. The number of imidazole rings is 1. The molecule has 0 aliphatic heterocycles. The van der Waals surface area contributed by atoms with Crippen molar-refractivity contribution >= 4 is 28.7 Å². The molecule has 2 heterocycles. The van der Waals surface area contributed by atoms with E-state index < -0.39 is 0 Å². The van der Waals surface area contributed by atoms with Crippen LogP contribution in [0.5, 0.6) is 0 Å². The van der Waals surface area contributed by atoms with Crippen molar-refractivity contribution in [2.75, 3.05) is 12.9 Å². The van der Waals surface area contributed by atoms with Crippen LogP contribution in [0, 0.1) is 0 Å². The van der Waals surface area contributed by atoms with E-state index in [2.05, 4.69) is 22.3 Å². The smallest absolute Gasteiger partial charge is 0.239 e. The Hall–Kier alpha value is -1.56.